The Labute approximate surface area is 142 Å². The molecule has 0 saturated heterocycles. The van der Waals surface area contributed by atoms with Crippen molar-refractivity contribution in [1.29, 1.82) is 0 Å². The Morgan fingerprint density at radius 3 is 2.82 bits per heavy atom. The molecule has 2 aromatic rings. The van der Waals surface area contributed by atoms with Crippen molar-refractivity contribution in [2.75, 3.05) is 11.1 Å². The molecule has 2 aromatic heterocycles. The zero-order chi connectivity index (χ0) is 16.2. The Bertz CT molecular complexity index is 604. The van der Waals surface area contributed by atoms with E-state index in [4.69, 9.17) is 0 Å². The maximum Gasteiger partial charge on any atom is 0.230 e. The SMILES string of the molecule is CC(NC(=O)CSc1nnc(NC(C)(C)C)s1)c1cccs1. The third-order valence-corrected chi connectivity index (χ3v) is 5.59. The summed E-state index contributed by atoms with van der Waals surface area (Å²) in [4.78, 5) is 13.1. The minimum atomic E-state index is -0.0466. The molecular formula is C14H20N4OS3. The summed E-state index contributed by atoms with van der Waals surface area (Å²) in [7, 11) is 0. The van der Waals surface area contributed by atoms with Crippen LogP contribution in [0.15, 0.2) is 21.9 Å². The lowest BCUT2D eigenvalue weighted by Crippen LogP contribution is -2.27. The number of thioether (sulfide) groups is 1. The largest absolute Gasteiger partial charge is 0.355 e. The van der Waals surface area contributed by atoms with Crippen LogP contribution >= 0.6 is 34.4 Å². The van der Waals surface area contributed by atoms with Crippen molar-refractivity contribution in [2.45, 2.75) is 43.6 Å². The quantitative estimate of drug-likeness (QED) is 0.771. The number of hydrogen-bond acceptors (Lipinski definition) is 7. The molecule has 0 aliphatic rings. The van der Waals surface area contributed by atoms with Gasteiger partial charge in [0.1, 0.15) is 0 Å². The van der Waals surface area contributed by atoms with Gasteiger partial charge in [-0.1, -0.05) is 29.2 Å². The molecule has 22 heavy (non-hydrogen) atoms. The molecule has 2 N–H and O–H groups in total. The van der Waals surface area contributed by atoms with Crippen LogP contribution in [0, 0.1) is 0 Å². The van der Waals surface area contributed by atoms with Gasteiger partial charge in [0.25, 0.3) is 0 Å². The predicted octanol–water partition coefficient (Wildman–Crippen LogP) is 3.78. The molecule has 2 heterocycles. The number of aromatic nitrogens is 2. The normalized spacial score (nSPS) is 12.9. The Balaban J connectivity index is 1.79. The van der Waals surface area contributed by atoms with Gasteiger partial charge in [-0.25, -0.2) is 0 Å². The van der Waals surface area contributed by atoms with E-state index in [0.717, 1.165) is 14.3 Å². The third-order valence-electron chi connectivity index (χ3n) is 2.56. The second kappa shape index (κ2) is 7.43. The predicted molar refractivity (Wildman–Crippen MR) is 94.9 cm³/mol. The first kappa shape index (κ1) is 17.2. The summed E-state index contributed by atoms with van der Waals surface area (Å²) in [5.41, 5.74) is -0.0466. The van der Waals surface area contributed by atoms with Crippen LogP contribution in [-0.2, 0) is 4.79 Å². The third kappa shape index (κ3) is 5.58. The summed E-state index contributed by atoms with van der Waals surface area (Å²) in [5, 5.41) is 17.2. The second-order valence-corrected chi connectivity index (χ2v) is 9.02. The molecule has 0 aliphatic carbocycles. The Hall–Kier alpha value is -1.12. The van der Waals surface area contributed by atoms with Crippen molar-refractivity contribution in [1.82, 2.24) is 15.5 Å². The minimum absolute atomic E-state index is 0.00595. The minimum Gasteiger partial charge on any atom is -0.355 e. The number of nitrogens with zero attached hydrogens (tertiary/aromatic N) is 2. The standard InChI is InChI=1S/C14H20N4OS3/c1-9(10-6-5-7-20-10)15-11(19)8-21-13-18-17-12(22-13)16-14(2,3)4/h5-7,9H,8H2,1-4H3,(H,15,19)(H,16,17). The monoisotopic (exact) mass is 356 g/mol. The van der Waals surface area contributed by atoms with Crippen LogP contribution in [0.1, 0.15) is 38.6 Å². The summed E-state index contributed by atoms with van der Waals surface area (Å²) in [5.74, 6) is 0.353. The van der Waals surface area contributed by atoms with Gasteiger partial charge in [0.2, 0.25) is 11.0 Å². The fourth-order valence-corrected chi connectivity index (χ4v) is 4.16. The van der Waals surface area contributed by atoms with E-state index < -0.39 is 0 Å². The molecule has 8 heteroatoms. The number of carbonyl (C=O) groups is 1. The van der Waals surface area contributed by atoms with Crippen LogP contribution in [0.4, 0.5) is 5.13 Å². The lowest BCUT2D eigenvalue weighted by atomic mass is 10.1. The van der Waals surface area contributed by atoms with Gasteiger partial charge in [-0.2, -0.15) is 0 Å². The number of rotatable bonds is 6. The molecule has 0 spiro atoms. The first-order valence-electron chi connectivity index (χ1n) is 6.91. The molecule has 0 fully saturated rings. The van der Waals surface area contributed by atoms with Crippen LogP contribution in [0.25, 0.3) is 0 Å². The zero-order valence-electron chi connectivity index (χ0n) is 13.0. The number of anilines is 1. The molecular weight excluding hydrogens is 336 g/mol. The number of carbonyl (C=O) groups excluding carboxylic acids is 1. The summed E-state index contributed by atoms with van der Waals surface area (Å²) in [6, 6.07) is 4.06. The van der Waals surface area contributed by atoms with Gasteiger partial charge in [-0.05, 0) is 39.1 Å². The average molecular weight is 357 g/mol. The molecule has 0 bridgehead atoms. The van der Waals surface area contributed by atoms with E-state index in [2.05, 4.69) is 41.6 Å². The fourth-order valence-electron chi connectivity index (χ4n) is 1.66. The summed E-state index contributed by atoms with van der Waals surface area (Å²) in [6.07, 6.45) is 0. The highest BCUT2D eigenvalue weighted by Gasteiger charge is 2.15. The first-order valence-corrected chi connectivity index (χ1v) is 9.59. The van der Waals surface area contributed by atoms with Gasteiger partial charge < -0.3 is 10.6 Å². The Morgan fingerprint density at radius 2 is 2.18 bits per heavy atom. The van der Waals surface area contributed by atoms with Crippen LogP contribution in [0.3, 0.4) is 0 Å². The van der Waals surface area contributed by atoms with Gasteiger partial charge >= 0.3 is 0 Å². The molecule has 2 rings (SSSR count). The molecule has 0 saturated carbocycles. The van der Waals surface area contributed by atoms with E-state index in [1.54, 1.807) is 11.3 Å². The van der Waals surface area contributed by atoms with E-state index in [1.807, 2.05) is 24.4 Å². The van der Waals surface area contributed by atoms with E-state index in [9.17, 15) is 4.79 Å². The molecule has 120 valence electrons. The van der Waals surface area contributed by atoms with Crippen molar-refractivity contribution >= 4 is 45.5 Å². The second-order valence-electron chi connectivity index (χ2n) is 5.84. The number of hydrogen-bond donors (Lipinski definition) is 2. The van der Waals surface area contributed by atoms with Crippen LogP contribution in [-0.4, -0.2) is 27.4 Å². The van der Waals surface area contributed by atoms with Gasteiger partial charge in [-0.15, -0.1) is 21.5 Å². The lowest BCUT2D eigenvalue weighted by Gasteiger charge is -2.18. The van der Waals surface area contributed by atoms with Gasteiger partial charge in [0.15, 0.2) is 4.34 Å². The highest BCUT2D eigenvalue weighted by molar-refractivity contribution is 8.01. The van der Waals surface area contributed by atoms with E-state index in [-0.39, 0.29) is 17.5 Å². The van der Waals surface area contributed by atoms with Crippen LogP contribution in [0.2, 0.25) is 0 Å². The molecule has 0 aromatic carbocycles. The topological polar surface area (TPSA) is 66.9 Å². The smallest absolute Gasteiger partial charge is 0.230 e. The highest BCUT2D eigenvalue weighted by Crippen LogP contribution is 2.27. The average Bonchev–Trinajstić information content (AvgIpc) is 3.05. The van der Waals surface area contributed by atoms with Crippen molar-refractivity contribution in [2.24, 2.45) is 0 Å². The van der Waals surface area contributed by atoms with E-state index >= 15 is 0 Å². The summed E-state index contributed by atoms with van der Waals surface area (Å²) < 4.78 is 0.797. The Kier molecular flexibility index (Phi) is 5.82. The first-order chi connectivity index (χ1) is 10.3. The Morgan fingerprint density at radius 1 is 1.41 bits per heavy atom. The summed E-state index contributed by atoms with van der Waals surface area (Å²) in [6.45, 7) is 8.20. The maximum absolute atomic E-state index is 12.0. The zero-order valence-corrected chi connectivity index (χ0v) is 15.5. The van der Waals surface area contributed by atoms with Gasteiger partial charge in [0, 0.05) is 10.4 Å². The molecule has 0 radical (unpaired) electrons. The number of nitrogens with one attached hydrogen (secondary N) is 2. The molecule has 1 atom stereocenters. The highest BCUT2D eigenvalue weighted by atomic mass is 32.2. The van der Waals surface area contributed by atoms with Crippen molar-refractivity contribution in [3.05, 3.63) is 22.4 Å². The van der Waals surface area contributed by atoms with E-state index in [0.29, 0.717) is 5.75 Å². The van der Waals surface area contributed by atoms with Gasteiger partial charge in [-0.3, -0.25) is 4.79 Å². The summed E-state index contributed by atoms with van der Waals surface area (Å²) >= 11 is 4.53. The van der Waals surface area contributed by atoms with Crippen molar-refractivity contribution in [3.63, 3.8) is 0 Å². The van der Waals surface area contributed by atoms with Gasteiger partial charge in [0.05, 0.1) is 11.8 Å². The van der Waals surface area contributed by atoms with Crippen LogP contribution in [0.5, 0.6) is 0 Å². The molecule has 5 nitrogen and oxygen atoms in total. The number of amides is 1. The van der Waals surface area contributed by atoms with E-state index in [1.165, 1.54) is 23.1 Å². The molecule has 1 unspecified atom stereocenters. The fraction of sp³-hybridized carbons (Fsp3) is 0.500. The van der Waals surface area contributed by atoms with Crippen molar-refractivity contribution in [3.8, 4) is 0 Å². The maximum atomic E-state index is 12.0. The molecule has 0 aliphatic heterocycles. The number of thiophene rings is 1. The lowest BCUT2D eigenvalue weighted by molar-refractivity contribution is -0.119. The van der Waals surface area contributed by atoms with Crippen LogP contribution < -0.4 is 10.6 Å². The molecule has 1 amide bonds. The van der Waals surface area contributed by atoms with Crippen molar-refractivity contribution < 1.29 is 4.79 Å².